The molecule has 1 aromatic rings. The van der Waals surface area contributed by atoms with E-state index in [1.54, 1.807) is 24.3 Å². The number of hydrogen-bond acceptors (Lipinski definition) is 3. The summed E-state index contributed by atoms with van der Waals surface area (Å²) in [4.78, 5) is 22.9. The number of carbonyl (C=O) groups excluding carboxylic acids is 2. The van der Waals surface area contributed by atoms with Gasteiger partial charge >= 0.3 is 0 Å². The Hall–Kier alpha value is -2.04. The summed E-state index contributed by atoms with van der Waals surface area (Å²) in [5, 5.41) is 2.96. The van der Waals surface area contributed by atoms with Crippen LogP contribution >= 0.6 is 0 Å². The van der Waals surface area contributed by atoms with Gasteiger partial charge in [-0.25, -0.2) is 0 Å². The zero-order valence-corrected chi connectivity index (χ0v) is 13.6. The fourth-order valence-electron chi connectivity index (χ4n) is 2.92. The summed E-state index contributed by atoms with van der Waals surface area (Å²) in [5.74, 6) is 0.560. The maximum atomic E-state index is 11.9. The molecule has 0 aliphatic heterocycles. The number of primary amides is 1. The zero-order valence-electron chi connectivity index (χ0n) is 13.6. The molecule has 1 aromatic carbocycles. The zero-order chi connectivity index (χ0) is 16.5. The third kappa shape index (κ3) is 6.30. The molecule has 0 spiro atoms. The van der Waals surface area contributed by atoms with Crippen LogP contribution in [0.1, 0.15) is 55.3 Å². The highest BCUT2D eigenvalue weighted by Gasteiger charge is 2.13. The molecule has 0 radical (unpaired) electrons. The SMILES string of the molecule is NC(=O)c1ccc(OCC(=O)NCC2CCCCCCC2)cc1. The fraction of sp³-hybridized carbons (Fsp3) is 0.556. The quantitative estimate of drug-likeness (QED) is 0.846. The van der Waals surface area contributed by atoms with Gasteiger partial charge in [0, 0.05) is 12.1 Å². The molecule has 0 heterocycles. The fourth-order valence-corrected chi connectivity index (χ4v) is 2.92. The number of hydrogen-bond donors (Lipinski definition) is 2. The molecule has 5 heteroatoms. The highest BCUT2D eigenvalue weighted by molar-refractivity contribution is 5.92. The average Bonchev–Trinajstić information content (AvgIpc) is 2.52. The Balaban J connectivity index is 1.68. The summed E-state index contributed by atoms with van der Waals surface area (Å²) in [5.41, 5.74) is 5.60. The lowest BCUT2D eigenvalue weighted by Gasteiger charge is -2.20. The number of ether oxygens (including phenoxy) is 1. The van der Waals surface area contributed by atoms with Gasteiger partial charge in [0.2, 0.25) is 5.91 Å². The molecule has 0 atom stereocenters. The molecule has 0 bridgehead atoms. The molecule has 126 valence electrons. The predicted octanol–water partition coefficient (Wildman–Crippen LogP) is 2.64. The summed E-state index contributed by atoms with van der Waals surface area (Å²) < 4.78 is 5.42. The van der Waals surface area contributed by atoms with E-state index >= 15 is 0 Å². The van der Waals surface area contributed by atoms with Crippen molar-refractivity contribution in [3.05, 3.63) is 29.8 Å². The highest BCUT2D eigenvalue weighted by atomic mass is 16.5. The molecule has 23 heavy (non-hydrogen) atoms. The van der Waals surface area contributed by atoms with Gasteiger partial charge in [0.15, 0.2) is 6.61 Å². The second-order valence-electron chi connectivity index (χ2n) is 6.19. The van der Waals surface area contributed by atoms with Gasteiger partial charge in [-0.2, -0.15) is 0 Å². The van der Waals surface area contributed by atoms with Crippen LogP contribution in [0.4, 0.5) is 0 Å². The Bertz CT molecular complexity index is 506. The third-order valence-electron chi connectivity index (χ3n) is 4.32. The second-order valence-corrected chi connectivity index (χ2v) is 6.19. The lowest BCUT2D eigenvalue weighted by atomic mass is 9.91. The molecule has 2 amide bonds. The van der Waals surface area contributed by atoms with Crippen LogP contribution in [-0.2, 0) is 4.79 Å². The number of benzene rings is 1. The van der Waals surface area contributed by atoms with Gasteiger partial charge in [0.05, 0.1) is 0 Å². The van der Waals surface area contributed by atoms with Crippen LogP contribution < -0.4 is 15.8 Å². The summed E-state index contributed by atoms with van der Waals surface area (Å²) in [6, 6.07) is 6.46. The van der Waals surface area contributed by atoms with Crippen LogP contribution in [0.15, 0.2) is 24.3 Å². The van der Waals surface area contributed by atoms with Gasteiger partial charge in [0.1, 0.15) is 5.75 Å². The smallest absolute Gasteiger partial charge is 0.257 e. The standard InChI is InChI=1S/C18H26N2O3/c19-18(22)15-8-10-16(11-9-15)23-13-17(21)20-12-14-6-4-2-1-3-5-7-14/h8-11,14H,1-7,12-13H2,(H2,19,22)(H,20,21). The molecular formula is C18H26N2O3. The van der Waals surface area contributed by atoms with Crippen molar-refractivity contribution in [3.63, 3.8) is 0 Å². The van der Waals surface area contributed by atoms with Crippen LogP contribution in [0.3, 0.4) is 0 Å². The van der Waals surface area contributed by atoms with Crippen LogP contribution in [0, 0.1) is 5.92 Å². The van der Waals surface area contributed by atoms with Crippen molar-refractivity contribution >= 4 is 11.8 Å². The number of rotatable bonds is 6. The molecule has 0 saturated heterocycles. The number of nitrogens with two attached hydrogens (primary N) is 1. The first kappa shape index (κ1) is 17.3. The molecule has 1 fully saturated rings. The van der Waals surface area contributed by atoms with Crippen LogP contribution in [-0.4, -0.2) is 25.0 Å². The Labute approximate surface area is 137 Å². The average molecular weight is 318 g/mol. The van der Waals surface area contributed by atoms with Gasteiger partial charge in [-0.1, -0.05) is 32.1 Å². The first-order chi connectivity index (χ1) is 11.1. The molecule has 0 unspecified atom stereocenters. The largest absolute Gasteiger partial charge is 0.484 e. The molecule has 0 aromatic heterocycles. The normalized spacial score (nSPS) is 16.2. The van der Waals surface area contributed by atoms with Crippen molar-refractivity contribution in [1.29, 1.82) is 0 Å². The lowest BCUT2D eigenvalue weighted by Crippen LogP contribution is -2.33. The Morgan fingerprint density at radius 1 is 1.04 bits per heavy atom. The van der Waals surface area contributed by atoms with Gasteiger partial charge in [-0.15, -0.1) is 0 Å². The molecule has 3 N–H and O–H groups in total. The van der Waals surface area contributed by atoms with Crippen molar-refractivity contribution in [1.82, 2.24) is 5.32 Å². The van der Waals surface area contributed by atoms with E-state index in [2.05, 4.69) is 5.32 Å². The van der Waals surface area contributed by atoms with Crippen LogP contribution in [0.25, 0.3) is 0 Å². The summed E-state index contributed by atoms with van der Waals surface area (Å²) in [6.07, 6.45) is 8.92. The van der Waals surface area contributed by atoms with E-state index in [1.165, 1.54) is 44.9 Å². The molecule has 1 aliphatic rings. The van der Waals surface area contributed by atoms with E-state index in [9.17, 15) is 9.59 Å². The van der Waals surface area contributed by atoms with Crippen molar-refractivity contribution in [2.75, 3.05) is 13.2 Å². The van der Waals surface area contributed by atoms with E-state index in [0.717, 1.165) is 6.54 Å². The summed E-state index contributed by atoms with van der Waals surface area (Å²) >= 11 is 0. The monoisotopic (exact) mass is 318 g/mol. The van der Waals surface area contributed by atoms with Crippen molar-refractivity contribution < 1.29 is 14.3 Å². The number of carbonyl (C=O) groups is 2. The van der Waals surface area contributed by atoms with Crippen molar-refractivity contribution in [3.8, 4) is 5.75 Å². The molecule has 1 saturated carbocycles. The Morgan fingerprint density at radius 3 is 2.26 bits per heavy atom. The van der Waals surface area contributed by atoms with Crippen LogP contribution in [0.5, 0.6) is 5.75 Å². The first-order valence-corrected chi connectivity index (χ1v) is 8.44. The number of amides is 2. The number of nitrogens with one attached hydrogen (secondary N) is 1. The summed E-state index contributed by atoms with van der Waals surface area (Å²) in [6.45, 7) is 0.728. The minimum absolute atomic E-state index is 0.0113. The second kappa shape index (κ2) is 9.18. The van der Waals surface area contributed by atoms with E-state index in [0.29, 0.717) is 17.2 Å². The Kier molecular flexibility index (Phi) is 6.91. The van der Waals surface area contributed by atoms with E-state index in [-0.39, 0.29) is 12.5 Å². The molecule has 2 rings (SSSR count). The van der Waals surface area contributed by atoms with Crippen LogP contribution in [0.2, 0.25) is 0 Å². The third-order valence-corrected chi connectivity index (χ3v) is 4.32. The minimum Gasteiger partial charge on any atom is -0.484 e. The van der Waals surface area contributed by atoms with Crippen molar-refractivity contribution in [2.45, 2.75) is 44.9 Å². The van der Waals surface area contributed by atoms with E-state index < -0.39 is 5.91 Å². The molecular weight excluding hydrogens is 292 g/mol. The van der Waals surface area contributed by atoms with Crippen molar-refractivity contribution in [2.24, 2.45) is 11.7 Å². The topological polar surface area (TPSA) is 81.4 Å². The highest BCUT2D eigenvalue weighted by Crippen LogP contribution is 2.21. The molecule has 1 aliphatic carbocycles. The maximum Gasteiger partial charge on any atom is 0.257 e. The first-order valence-electron chi connectivity index (χ1n) is 8.44. The Morgan fingerprint density at radius 2 is 1.65 bits per heavy atom. The van der Waals surface area contributed by atoms with E-state index in [1.807, 2.05) is 0 Å². The van der Waals surface area contributed by atoms with E-state index in [4.69, 9.17) is 10.5 Å². The van der Waals surface area contributed by atoms with Gasteiger partial charge in [-0.05, 0) is 43.0 Å². The molecule has 5 nitrogen and oxygen atoms in total. The minimum atomic E-state index is -0.478. The lowest BCUT2D eigenvalue weighted by molar-refractivity contribution is -0.123. The van der Waals surface area contributed by atoms with Gasteiger partial charge in [0.25, 0.3) is 5.91 Å². The van der Waals surface area contributed by atoms with Gasteiger partial charge in [-0.3, -0.25) is 9.59 Å². The summed E-state index contributed by atoms with van der Waals surface area (Å²) in [7, 11) is 0. The van der Waals surface area contributed by atoms with Gasteiger partial charge < -0.3 is 15.8 Å². The predicted molar refractivity (Wildman–Crippen MR) is 89.3 cm³/mol. The maximum absolute atomic E-state index is 11.9.